The summed E-state index contributed by atoms with van der Waals surface area (Å²) in [6, 6.07) is 15.0. The van der Waals surface area contributed by atoms with Gasteiger partial charge in [-0.3, -0.25) is 4.99 Å². The smallest absolute Gasteiger partial charge is 0.0758 e. The van der Waals surface area contributed by atoms with E-state index in [1.165, 1.54) is 16.7 Å². The Bertz CT molecular complexity index is 688. The molecule has 2 aromatic rings. The first-order chi connectivity index (χ1) is 10.2. The van der Waals surface area contributed by atoms with E-state index in [1.54, 1.807) is 0 Å². The standard InChI is InChI=1S/C19H20ClN/c1-3-14-8-9-15(13(2)12-14)18-10-11-19(21-18)16-6-4-5-7-17(16)20/h4-9,12,18H,3,10-11H2,1-2H3. The predicted molar refractivity (Wildman–Crippen MR) is 90.5 cm³/mol. The third-order valence-electron chi connectivity index (χ3n) is 4.25. The van der Waals surface area contributed by atoms with E-state index in [4.69, 9.17) is 16.6 Å². The molecular weight excluding hydrogens is 278 g/mol. The fourth-order valence-corrected chi connectivity index (χ4v) is 3.29. The lowest BCUT2D eigenvalue weighted by Gasteiger charge is -2.12. The molecule has 1 aliphatic heterocycles. The molecule has 2 aromatic carbocycles. The van der Waals surface area contributed by atoms with Gasteiger partial charge in [0.1, 0.15) is 0 Å². The zero-order valence-electron chi connectivity index (χ0n) is 12.6. The molecule has 108 valence electrons. The highest BCUT2D eigenvalue weighted by molar-refractivity contribution is 6.34. The van der Waals surface area contributed by atoms with Gasteiger partial charge in [0.05, 0.1) is 6.04 Å². The van der Waals surface area contributed by atoms with E-state index in [9.17, 15) is 0 Å². The molecule has 0 amide bonds. The first-order valence-electron chi connectivity index (χ1n) is 7.60. The average Bonchev–Trinajstić information content (AvgIpc) is 2.97. The Morgan fingerprint density at radius 1 is 1.19 bits per heavy atom. The molecular formula is C19H20ClN. The van der Waals surface area contributed by atoms with Crippen molar-refractivity contribution in [2.24, 2.45) is 4.99 Å². The van der Waals surface area contributed by atoms with Crippen LogP contribution in [-0.2, 0) is 6.42 Å². The normalized spacial score (nSPS) is 17.9. The van der Waals surface area contributed by atoms with Gasteiger partial charge in [0.25, 0.3) is 0 Å². The van der Waals surface area contributed by atoms with Gasteiger partial charge in [0.2, 0.25) is 0 Å². The van der Waals surface area contributed by atoms with Crippen molar-refractivity contribution in [3.63, 3.8) is 0 Å². The summed E-state index contributed by atoms with van der Waals surface area (Å²) in [4.78, 5) is 4.94. The minimum absolute atomic E-state index is 0.280. The van der Waals surface area contributed by atoms with Gasteiger partial charge < -0.3 is 0 Å². The molecule has 0 aliphatic carbocycles. The summed E-state index contributed by atoms with van der Waals surface area (Å²) in [5.74, 6) is 0. The summed E-state index contributed by atoms with van der Waals surface area (Å²) in [7, 11) is 0. The van der Waals surface area contributed by atoms with Crippen LogP contribution < -0.4 is 0 Å². The lowest BCUT2D eigenvalue weighted by Crippen LogP contribution is -1.97. The Morgan fingerprint density at radius 3 is 2.71 bits per heavy atom. The maximum Gasteiger partial charge on any atom is 0.0758 e. The lowest BCUT2D eigenvalue weighted by atomic mass is 9.96. The Labute approximate surface area is 131 Å². The monoisotopic (exact) mass is 297 g/mol. The molecule has 21 heavy (non-hydrogen) atoms. The minimum Gasteiger partial charge on any atom is -0.281 e. The van der Waals surface area contributed by atoms with Gasteiger partial charge in [0.15, 0.2) is 0 Å². The molecule has 1 heterocycles. The van der Waals surface area contributed by atoms with Crippen LogP contribution >= 0.6 is 11.6 Å². The zero-order valence-corrected chi connectivity index (χ0v) is 13.3. The summed E-state index contributed by atoms with van der Waals surface area (Å²) >= 11 is 6.29. The van der Waals surface area contributed by atoms with Gasteiger partial charge >= 0.3 is 0 Å². The summed E-state index contributed by atoms with van der Waals surface area (Å²) in [5.41, 5.74) is 6.33. The number of rotatable bonds is 3. The van der Waals surface area contributed by atoms with E-state index in [0.717, 1.165) is 35.6 Å². The van der Waals surface area contributed by atoms with Gasteiger partial charge in [0, 0.05) is 16.3 Å². The van der Waals surface area contributed by atoms with Crippen molar-refractivity contribution in [3.05, 3.63) is 69.7 Å². The third kappa shape index (κ3) is 2.89. The van der Waals surface area contributed by atoms with Crippen molar-refractivity contribution in [1.82, 2.24) is 0 Å². The molecule has 1 aliphatic rings. The summed E-state index contributed by atoms with van der Waals surface area (Å²) in [6.07, 6.45) is 3.16. The van der Waals surface area contributed by atoms with Crippen LogP contribution in [0.5, 0.6) is 0 Å². The minimum atomic E-state index is 0.280. The summed E-state index contributed by atoms with van der Waals surface area (Å²) in [5, 5.41) is 0.801. The quantitative estimate of drug-likeness (QED) is 0.706. The van der Waals surface area contributed by atoms with Crippen LogP contribution in [0.15, 0.2) is 47.5 Å². The molecule has 0 radical (unpaired) electrons. The zero-order chi connectivity index (χ0) is 14.8. The molecule has 1 atom stereocenters. The molecule has 1 unspecified atom stereocenters. The van der Waals surface area contributed by atoms with E-state index in [2.05, 4.69) is 38.1 Å². The molecule has 3 rings (SSSR count). The number of nitrogens with zero attached hydrogens (tertiary/aromatic N) is 1. The van der Waals surface area contributed by atoms with Crippen molar-refractivity contribution in [3.8, 4) is 0 Å². The van der Waals surface area contributed by atoms with Crippen LogP contribution in [0.3, 0.4) is 0 Å². The highest BCUT2D eigenvalue weighted by atomic mass is 35.5. The van der Waals surface area contributed by atoms with Crippen molar-refractivity contribution < 1.29 is 0 Å². The maximum absolute atomic E-state index is 6.29. The van der Waals surface area contributed by atoms with Gasteiger partial charge in [-0.2, -0.15) is 0 Å². The average molecular weight is 298 g/mol. The van der Waals surface area contributed by atoms with Crippen molar-refractivity contribution in [1.29, 1.82) is 0 Å². The number of aryl methyl sites for hydroxylation is 2. The molecule has 0 saturated heterocycles. The second kappa shape index (κ2) is 6.03. The van der Waals surface area contributed by atoms with E-state index in [-0.39, 0.29) is 6.04 Å². The lowest BCUT2D eigenvalue weighted by molar-refractivity contribution is 0.717. The fourth-order valence-electron chi connectivity index (χ4n) is 3.05. The molecule has 2 heteroatoms. The van der Waals surface area contributed by atoms with E-state index in [0.29, 0.717) is 0 Å². The number of aliphatic imine (C=N–C) groups is 1. The number of hydrogen-bond donors (Lipinski definition) is 0. The van der Waals surface area contributed by atoms with Crippen LogP contribution in [0.4, 0.5) is 0 Å². The second-order valence-corrected chi connectivity index (χ2v) is 6.06. The fraction of sp³-hybridized carbons (Fsp3) is 0.316. The number of halogens is 1. The highest BCUT2D eigenvalue weighted by Crippen LogP contribution is 2.34. The SMILES string of the molecule is CCc1ccc(C2CCC(c3ccccc3Cl)=N2)c(C)c1. The van der Waals surface area contributed by atoms with Crippen LogP contribution in [-0.4, -0.2) is 5.71 Å². The molecule has 0 fully saturated rings. The molecule has 0 aromatic heterocycles. The van der Waals surface area contributed by atoms with E-state index in [1.807, 2.05) is 18.2 Å². The van der Waals surface area contributed by atoms with Crippen LogP contribution in [0.1, 0.15) is 48.1 Å². The first kappa shape index (κ1) is 14.3. The van der Waals surface area contributed by atoms with Gasteiger partial charge in [-0.25, -0.2) is 0 Å². The van der Waals surface area contributed by atoms with Crippen molar-refractivity contribution >= 4 is 17.3 Å². The molecule has 0 bridgehead atoms. The topological polar surface area (TPSA) is 12.4 Å². The van der Waals surface area contributed by atoms with Crippen LogP contribution in [0, 0.1) is 6.92 Å². The summed E-state index contributed by atoms with van der Waals surface area (Å²) in [6.45, 7) is 4.38. The second-order valence-electron chi connectivity index (χ2n) is 5.65. The van der Waals surface area contributed by atoms with Gasteiger partial charge in [-0.15, -0.1) is 0 Å². The number of benzene rings is 2. The van der Waals surface area contributed by atoms with Crippen LogP contribution in [0.25, 0.3) is 0 Å². The Morgan fingerprint density at radius 2 is 2.00 bits per heavy atom. The number of hydrogen-bond acceptors (Lipinski definition) is 1. The Balaban J connectivity index is 1.91. The van der Waals surface area contributed by atoms with Crippen molar-refractivity contribution in [2.75, 3.05) is 0 Å². The molecule has 0 N–H and O–H groups in total. The molecule has 0 saturated carbocycles. The molecule has 1 nitrogen and oxygen atoms in total. The summed E-state index contributed by atoms with van der Waals surface area (Å²) < 4.78 is 0. The van der Waals surface area contributed by atoms with Gasteiger partial charge in [-0.1, -0.05) is 54.9 Å². The first-order valence-corrected chi connectivity index (χ1v) is 7.98. The predicted octanol–water partition coefficient (Wildman–Crippen LogP) is 5.54. The highest BCUT2D eigenvalue weighted by Gasteiger charge is 2.22. The molecule has 0 spiro atoms. The van der Waals surface area contributed by atoms with Crippen LogP contribution in [0.2, 0.25) is 5.02 Å². The Kier molecular flexibility index (Phi) is 4.12. The largest absolute Gasteiger partial charge is 0.281 e. The van der Waals surface area contributed by atoms with Gasteiger partial charge in [-0.05, 0) is 48.9 Å². The Hall–Kier alpha value is -1.60. The van der Waals surface area contributed by atoms with Crippen molar-refractivity contribution in [2.45, 2.75) is 39.2 Å². The van der Waals surface area contributed by atoms with E-state index < -0.39 is 0 Å². The maximum atomic E-state index is 6.29. The van der Waals surface area contributed by atoms with E-state index >= 15 is 0 Å². The third-order valence-corrected chi connectivity index (χ3v) is 4.58.